The number of alkyl halides is 3. The first-order valence-electron chi connectivity index (χ1n) is 12.2. The molecule has 3 heterocycles. The van der Waals surface area contributed by atoms with Crippen LogP contribution in [0.15, 0.2) is 48.7 Å². The van der Waals surface area contributed by atoms with Crippen LogP contribution in [0.5, 0.6) is 0 Å². The van der Waals surface area contributed by atoms with Gasteiger partial charge in [-0.1, -0.05) is 39.0 Å². The van der Waals surface area contributed by atoms with Crippen molar-refractivity contribution in [2.75, 3.05) is 18.5 Å². The maximum absolute atomic E-state index is 13.5. The number of halogens is 3. The van der Waals surface area contributed by atoms with Crippen LogP contribution in [0.3, 0.4) is 0 Å². The van der Waals surface area contributed by atoms with Crippen LogP contribution in [0.2, 0.25) is 0 Å². The predicted molar refractivity (Wildman–Crippen MR) is 136 cm³/mol. The maximum atomic E-state index is 13.5. The molecule has 11 heteroatoms. The van der Waals surface area contributed by atoms with E-state index >= 15 is 0 Å². The molecule has 2 amide bonds. The summed E-state index contributed by atoms with van der Waals surface area (Å²) < 4.78 is 41.0. The summed E-state index contributed by atoms with van der Waals surface area (Å²) in [4.78, 5) is 32.9. The van der Waals surface area contributed by atoms with E-state index in [0.717, 1.165) is 17.0 Å². The Morgan fingerprint density at radius 1 is 1.08 bits per heavy atom. The lowest BCUT2D eigenvalue weighted by Gasteiger charge is -2.35. The quantitative estimate of drug-likeness (QED) is 0.475. The molecule has 0 saturated carbocycles. The Bertz CT molecular complexity index is 1330. The van der Waals surface area contributed by atoms with Crippen molar-refractivity contribution in [3.63, 3.8) is 0 Å². The number of carbonyl (C=O) groups excluding carboxylic acids is 1. The summed E-state index contributed by atoms with van der Waals surface area (Å²) in [7, 11) is 1.65. The number of hydrogen-bond donors (Lipinski definition) is 1. The lowest BCUT2D eigenvalue weighted by Crippen LogP contribution is -2.48. The molecule has 202 valence electrons. The first-order valence-corrected chi connectivity index (χ1v) is 12.2. The molecule has 1 aliphatic rings. The van der Waals surface area contributed by atoms with Gasteiger partial charge in [0.15, 0.2) is 0 Å². The standard InChI is InChI=1S/C27H30F3N5O3/c1-16(20-8-6-7-13-31-20)33(5)24(36)18-14-34(25(37)38)23-21(22(26(2,3)4)32-35(23)15-18)17-9-11-19(12-10-17)27(28,29)30/h6-13,16,18H,14-15H2,1-5H3,(H,37,38). The Balaban J connectivity index is 1.76. The van der Waals surface area contributed by atoms with Gasteiger partial charge in [0.25, 0.3) is 0 Å². The van der Waals surface area contributed by atoms with Crippen LogP contribution in [0, 0.1) is 5.92 Å². The van der Waals surface area contributed by atoms with Gasteiger partial charge in [0.2, 0.25) is 5.91 Å². The summed E-state index contributed by atoms with van der Waals surface area (Å²) in [5, 5.41) is 14.8. The Morgan fingerprint density at radius 2 is 1.74 bits per heavy atom. The molecular formula is C27H30F3N5O3. The molecule has 0 aliphatic carbocycles. The Kier molecular flexibility index (Phi) is 6.98. The lowest BCUT2D eigenvalue weighted by molar-refractivity contribution is -0.138. The van der Waals surface area contributed by atoms with Crippen LogP contribution in [-0.2, 0) is 22.9 Å². The number of aromatic nitrogens is 3. The van der Waals surface area contributed by atoms with Crippen LogP contribution in [0.25, 0.3) is 11.1 Å². The van der Waals surface area contributed by atoms with Gasteiger partial charge in [-0.25, -0.2) is 9.48 Å². The largest absolute Gasteiger partial charge is 0.465 e. The van der Waals surface area contributed by atoms with Crippen LogP contribution in [0.1, 0.15) is 50.7 Å². The SMILES string of the molecule is CC(c1ccccn1)N(C)C(=O)C1CN(C(=O)O)c2c(-c3ccc(C(F)(F)F)cc3)c(C(C)(C)C)nn2C1. The Morgan fingerprint density at radius 3 is 2.26 bits per heavy atom. The molecule has 4 rings (SSSR count). The first kappa shape index (κ1) is 27.2. The number of carboxylic acid groups (broad SMARTS) is 1. The lowest BCUT2D eigenvalue weighted by atomic mass is 9.86. The third-order valence-corrected chi connectivity index (χ3v) is 6.81. The number of pyridine rings is 1. The molecule has 38 heavy (non-hydrogen) atoms. The highest BCUT2D eigenvalue weighted by molar-refractivity contribution is 5.94. The van der Waals surface area contributed by atoms with Crippen LogP contribution in [0.4, 0.5) is 23.8 Å². The zero-order valence-electron chi connectivity index (χ0n) is 21.8. The van der Waals surface area contributed by atoms with E-state index in [1.807, 2.05) is 39.8 Å². The smallest absolute Gasteiger partial charge is 0.416 e. The van der Waals surface area contributed by atoms with E-state index in [2.05, 4.69) is 4.98 Å². The summed E-state index contributed by atoms with van der Waals surface area (Å²) in [5.41, 5.74) is 0.729. The van der Waals surface area contributed by atoms with E-state index in [1.54, 1.807) is 24.2 Å². The highest BCUT2D eigenvalue weighted by atomic mass is 19.4. The van der Waals surface area contributed by atoms with Crippen LogP contribution < -0.4 is 4.90 Å². The molecular weight excluding hydrogens is 499 g/mol. The fourth-order valence-corrected chi connectivity index (χ4v) is 4.67. The average Bonchev–Trinajstić information content (AvgIpc) is 3.27. The van der Waals surface area contributed by atoms with Gasteiger partial charge in [-0.15, -0.1) is 0 Å². The minimum Gasteiger partial charge on any atom is -0.465 e. The molecule has 1 aliphatic heterocycles. The third kappa shape index (κ3) is 5.09. The number of fused-ring (bicyclic) bond motifs is 1. The maximum Gasteiger partial charge on any atom is 0.416 e. The minimum atomic E-state index is -4.50. The first-order chi connectivity index (χ1) is 17.7. The number of hydrogen-bond acceptors (Lipinski definition) is 4. The summed E-state index contributed by atoms with van der Waals surface area (Å²) in [6.45, 7) is 7.54. The molecule has 8 nitrogen and oxygen atoms in total. The van der Waals surface area contributed by atoms with Crippen LogP contribution >= 0.6 is 0 Å². The molecule has 1 N–H and O–H groups in total. The van der Waals surface area contributed by atoms with Gasteiger partial charge in [-0.3, -0.25) is 14.7 Å². The summed E-state index contributed by atoms with van der Waals surface area (Å²) in [6.07, 6.45) is -4.13. The van der Waals surface area contributed by atoms with Crippen molar-refractivity contribution < 1.29 is 27.9 Å². The molecule has 0 spiro atoms. The molecule has 0 bridgehead atoms. The number of carbonyl (C=O) groups is 2. The van der Waals surface area contributed by atoms with Crippen molar-refractivity contribution in [2.45, 2.75) is 51.9 Å². The van der Waals surface area contributed by atoms with Crippen molar-refractivity contribution in [1.29, 1.82) is 0 Å². The molecule has 0 radical (unpaired) electrons. The number of amides is 2. The second kappa shape index (κ2) is 9.77. The number of rotatable bonds is 4. The van der Waals surface area contributed by atoms with E-state index in [4.69, 9.17) is 5.10 Å². The van der Waals surface area contributed by atoms with Gasteiger partial charge in [0, 0.05) is 30.8 Å². The van der Waals surface area contributed by atoms with Crippen molar-refractivity contribution >= 4 is 17.8 Å². The second-order valence-corrected chi connectivity index (χ2v) is 10.5. The van der Waals surface area contributed by atoms with Crippen molar-refractivity contribution in [3.05, 3.63) is 65.6 Å². The predicted octanol–water partition coefficient (Wildman–Crippen LogP) is 5.60. The van der Waals surface area contributed by atoms with Crippen molar-refractivity contribution in [3.8, 4) is 11.1 Å². The third-order valence-electron chi connectivity index (χ3n) is 6.81. The van der Waals surface area contributed by atoms with Gasteiger partial charge in [0.1, 0.15) is 5.82 Å². The molecule has 0 fully saturated rings. The molecule has 3 aromatic rings. The van der Waals surface area contributed by atoms with Gasteiger partial charge in [0.05, 0.1) is 35.5 Å². The molecule has 2 atom stereocenters. The average molecular weight is 530 g/mol. The monoisotopic (exact) mass is 529 g/mol. The number of nitrogens with zero attached hydrogens (tertiary/aromatic N) is 5. The Labute approximate surface area is 218 Å². The summed E-state index contributed by atoms with van der Waals surface area (Å²) >= 11 is 0. The van der Waals surface area contributed by atoms with Crippen molar-refractivity contribution in [2.24, 2.45) is 5.92 Å². The fraction of sp³-hybridized carbons (Fsp3) is 0.407. The van der Waals surface area contributed by atoms with E-state index in [1.165, 1.54) is 16.8 Å². The molecule has 0 saturated heterocycles. The summed E-state index contributed by atoms with van der Waals surface area (Å²) in [6, 6.07) is 9.69. The molecule has 2 aromatic heterocycles. The zero-order valence-corrected chi connectivity index (χ0v) is 21.8. The van der Waals surface area contributed by atoms with Gasteiger partial charge in [-0.05, 0) is 36.8 Å². The van der Waals surface area contributed by atoms with E-state index in [9.17, 15) is 27.9 Å². The normalized spacial score (nSPS) is 16.6. The van der Waals surface area contributed by atoms with Gasteiger partial charge >= 0.3 is 12.3 Å². The fourth-order valence-electron chi connectivity index (χ4n) is 4.67. The summed E-state index contributed by atoms with van der Waals surface area (Å²) in [5.74, 6) is -0.737. The zero-order chi connectivity index (χ0) is 28.0. The number of benzene rings is 1. The Hall–Kier alpha value is -3.89. The van der Waals surface area contributed by atoms with E-state index < -0.39 is 29.2 Å². The van der Waals surface area contributed by atoms with E-state index in [0.29, 0.717) is 22.5 Å². The van der Waals surface area contributed by atoms with E-state index in [-0.39, 0.29) is 30.9 Å². The molecule has 1 aromatic carbocycles. The molecule has 2 unspecified atom stereocenters. The highest BCUT2D eigenvalue weighted by Crippen LogP contribution is 2.43. The van der Waals surface area contributed by atoms with Crippen LogP contribution in [-0.4, -0.2) is 50.4 Å². The topological polar surface area (TPSA) is 91.6 Å². The van der Waals surface area contributed by atoms with Gasteiger partial charge in [-0.2, -0.15) is 18.3 Å². The second-order valence-electron chi connectivity index (χ2n) is 10.5. The van der Waals surface area contributed by atoms with Crippen molar-refractivity contribution in [1.82, 2.24) is 19.7 Å². The van der Waals surface area contributed by atoms with Gasteiger partial charge < -0.3 is 10.0 Å². The highest BCUT2D eigenvalue weighted by Gasteiger charge is 2.40. The number of anilines is 1. The minimum absolute atomic E-state index is 0.115.